The number of fused-ring (bicyclic) bond motifs is 1. The number of sulfonamides is 1. The van der Waals surface area contributed by atoms with E-state index >= 15 is 0 Å². The fourth-order valence-electron chi connectivity index (χ4n) is 4.49. The first-order valence-electron chi connectivity index (χ1n) is 14.1. The Balaban J connectivity index is 1.50. The number of ether oxygens (including phenoxy) is 2. The number of nitrogen functional groups attached to an aromatic ring is 1. The summed E-state index contributed by atoms with van der Waals surface area (Å²) in [7, 11) is -3.68. The van der Waals surface area contributed by atoms with Crippen LogP contribution >= 0.6 is 0 Å². The lowest BCUT2D eigenvalue weighted by Gasteiger charge is -2.20. The third-order valence-electron chi connectivity index (χ3n) is 6.70. The van der Waals surface area contributed by atoms with Crippen molar-refractivity contribution in [2.75, 3.05) is 48.6 Å². The van der Waals surface area contributed by atoms with Gasteiger partial charge in [0.25, 0.3) is 10.0 Å². The quantitative estimate of drug-likeness (QED) is 0.101. The summed E-state index contributed by atoms with van der Waals surface area (Å²) in [6.07, 6.45) is 5.40. The van der Waals surface area contributed by atoms with Gasteiger partial charge in [0.1, 0.15) is 0 Å². The van der Waals surface area contributed by atoms with E-state index in [1.807, 2.05) is 25.1 Å². The highest BCUT2D eigenvalue weighted by Crippen LogP contribution is 2.38. The molecule has 0 spiro atoms. The summed E-state index contributed by atoms with van der Waals surface area (Å²) in [5.41, 5.74) is 9.37. The normalized spacial score (nSPS) is 11.4. The molecule has 0 aliphatic rings. The van der Waals surface area contributed by atoms with Crippen LogP contribution in [0.3, 0.4) is 0 Å². The smallest absolute Gasteiger partial charge is 0.261 e. The number of rotatable bonds is 16. The molecule has 0 atom stereocenters. The largest absolute Gasteiger partial charge is 0.490 e. The fraction of sp³-hybridized carbons (Fsp3) is 0.281. The van der Waals surface area contributed by atoms with Gasteiger partial charge in [-0.25, -0.2) is 8.42 Å². The average Bonchev–Trinajstić information content (AvgIpc) is 3.00. The van der Waals surface area contributed by atoms with Crippen molar-refractivity contribution >= 4 is 43.7 Å². The van der Waals surface area contributed by atoms with E-state index in [4.69, 9.17) is 15.2 Å². The maximum Gasteiger partial charge on any atom is 0.261 e. The Morgan fingerprint density at radius 2 is 1.69 bits per heavy atom. The Bertz CT molecular complexity index is 1580. The molecule has 0 aliphatic heterocycles. The topological polar surface area (TPSA) is 119 Å². The highest BCUT2D eigenvalue weighted by atomic mass is 32.2. The van der Waals surface area contributed by atoms with Gasteiger partial charge in [0.2, 0.25) is 0 Å². The zero-order chi connectivity index (χ0) is 30.0. The minimum Gasteiger partial charge on any atom is -0.490 e. The van der Waals surface area contributed by atoms with Crippen LogP contribution in [0, 0.1) is 0 Å². The van der Waals surface area contributed by atoms with Gasteiger partial charge in [0.05, 0.1) is 41.2 Å². The van der Waals surface area contributed by atoms with E-state index in [2.05, 4.69) is 33.4 Å². The molecule has 0 bridgehead atoms. The van der Waals surface area contributed by atoms with Crippen LogP contribution in [0.5, 0.6) is 11.5 Å². The molecule has 0 saturated carbocycles. The molecule has 0 saturated heterocycles. The van der Waals surface area contributed by atoms with E-state index in [0.29, 0.717) is 47.3 Å². The molecule has 4 aromatic rings. The number of nitrogens with two attached hydrogens (primary N) is 1. The van der Waals surface area contributed by atoms with Crippen molar-refractivity contribution in [2.24, 2.45) is 0 Å². The molecule has 4 N–H and O–H groups in total. The average molecular weight is 590 g/mol. The van der Waals surface area contributed by atoms with Gasteiger partial charge in [-0.2, -0.15) is 0 Å². The fourth-order valence-corrected chi connectivity index (χ4v) is 5.57. The van der Waals surface area contributed by atoms with Crippen molar-refractivity contribution in [3.8, 4) is 11.5 Å². The number of anilines is 4. The summed E-state index contributed by atoms with van der Waals surface area (Å²) in [6, 6.07) is 19.0. The van der Waals surface area contributed by atoms with Crippen LogP contribution < -0.4 is 25.2 Å². The molecule has 9 nitrogen and oxygen atoms in total. The number of pyridine rings is 1. The molecule has 0 fully saturated rings. The Hall–Kier alpha value is -4.28. The third kappa shape index (κ3) is 7.92. The Morgan fingerprint density at radius 3 is 2.38 bits per heavy atom. The minimum absolute atomic E-state index is 0.197. The Morgan fingerprint density at radius 1 is 0.976 bits per heavy atom. The van der Waals surface area contributed by atoms with Gasteiger partial charge >= 0.3 is 0 Å². The predicted octanol–water partition coefficient (Wildman–Crippen LogP) is 6.43. The lowest BCUT2D eigenvalue weighted by Crippen LogP contribution is -2.26. The molecule has 0 radical (unpaired) electrons. The summed E-state index contributed by atoms with van der Waals surface area (Å²) in [5, 5.41) is 4.14. The number of nitrogens with zero attached hydrogens (tertiary/aromatic N) is 2. The Labute approximate surface area is 248 Å². The molecule has 0 aliphatic carbocycles. The highest BCUT2D eigenvalue weighted by molar-refractivity contribution is 7.92. The van der Waals surface area contributed by atoms with E-state index in [9.17, 15) is 8.42 Å². The number of hydrogen-bond donors (Lipinski definition) is 3. The molecule has 0 unspecified atom stereocenters. The van der Waals surface area contributed by atoms with Crippen molar-refractivity contribution < 1.29 is 17.9 Å². The molecule has 10 heteroatoms. The SMILES string of the molecule is C=CCCN(CC)CCCOc1cc2ncc(N)c(Nc3ccc(NS(=O)(=O)c4ccccc4)cc3)c2cc1OCC. The number of nitrogens with one attached hydrogen (secondary N) is 2. The second-order valence-corrected chi connectivity index (χ2v) is 11.4. The zero-order valence-electron chi connectivity index (χ0n) is 24.2. The number of benzene rings is 3. The molecule has 1 heterocycles. The number of hydrogen-bond acceptors (Lipinski definition) is 8. The van der Waals surface area contributed by atoms with Crippen LogP contribution in [0.2, 0.25) is 0 Å². The van der Waals surface area contributed by atoms with Crippen LogP contribution in [0.4, 0.5) is 22.7 Å². The van der Waals surface area contributed by atoms with E-state index in [1.54, 1.807) is 60.8 Å². The van der Waals surface area contributed by atoms with E-state index in [0.717, 1.165) is 43.5 Å². The first kappa shape index (κ1) is 30.7. The Kier molecular flexibility index (Phi) is 10.6. The van der Waals surface area contributed by atoms with E-state index in [1.165, 1.54) is 0 Å². The van der Waals surface area contributed by atoms with Crippen LogP contribution in [0.15, 0.2) is 90.5 Å². The first-order valence-corrected chi connectivity index (χ1v) is 15.6. The van der Waals surface area contributed by atoms with Gasteiger partial charge in [0.15, 0.2) is 11.5 Å². The summed E-state index contributed by atoms with van der Waals surface area (Å²) in [5.74, 6) is 1.25. The van der Waals surface area contributed by atoms with E-state index in [-0.39, 0.29) is 4.90 Å². The molecule has 1 aromatic heterocycles. The molecule has 222 valence electrons. The minimum atomic E-state index is -3.68. The highest BCUT2D eigenvalue weighted by Gasteiger charge is 2.16. The van der Waals surface area contributed by atoms with Gasteiger partial charge in [0, 0.05) is 35.9 Å². The number of aromatic nitrogens is 1. The van der Waals surface area contributed by atoms with Gasteiger partial charge in [-0.1, -0.05) is 31.2 Å². The van der Waals surface area contributed by atoms with E-state index < -0.39 is 10.0 Å². The van der Waals surface area contributed by atoms with Gasteiger partial charge in [-0.3, -0.25) is 9.71 Å². The lowest BCUT2D eigenvalue weighted by molar-refractivity contribution is 0.235. The zero-order valence-corrected chi connectivity index (χ0v) is 25.0. The molecular formula is C32H39N5O4S. The predicted molar refractivity (Wildman–Crippen MR) is 171 cm³/mol. The monoisotopic (exact) mass is 589 g/mol. The molecule has 0 amide bonds. The van der Waals surface area contributed by atoms with Crippen LogP contribution in [-0.4, -0.2) is 51.1 Å². The van der Waals surface area contributed by atoms with Crippen LogP contribution in [0.1, 0.15) is 26.7 Å². The lowest BCUT2D eigenvalue weighted by atomic mass is 10.1. The second-order valence-electron chi connectivity index (χ2n) is 9.67. The molecule has 3 aromatic carbocycles. The second kappa shape index (κ2) is 14.6. The van der Waals surface area contributed by atoms with Crippen molar-refractivity contribution in [2.45, 2.75) is 31.6 Å². The molecule has 4 rings (SSSR count). The molecule has 42 heavy (non-hydrogen) atoms. The maximum absolute atomic E-state index is 12.7. The van der Waals surface area contributed by atoms with Crippen molar-refractivity contribution in [3.05, 3.63) is 85.6 Å². The van der Waals surface area contributed by atoms with Gasteiger partial charge in [-0.15, -0.1) is 6.58 Å². The van der Waals surface area contributed by atoms with Gasteiger partial charge in [-0.05, 0) is 68.8 Å². The maximum atomic E-state index is 12.7. The van der Waals surface area contributed by atoms with Crippen LogP contribution in [0.25, 0.3) is 10.9 Å². The summed E-state index contributed by atoms with van der Waals surface area (Å²) in [6.45, 7) is 11.8. The standard InChI is InChI=1S/C32H39N5O4S/c1-4-7-18-37(5-2)19-11-20-41-31-22-29-27(21-30(31)40-6-3)32(28(33)23-34-29)35-24-14-16-25(17-15-24)36-42(38,39)26-12-9-8-10-13-26/h4,8-10,12-17,21-23,36H,1,5-7,11,18-20,33H2,2-3H3,(H,34,35). The summed E-state index contributed by atoms with van der Waals surface area (Å²) in [4.78, 5) is 7.11. The van der Waals surface area contributed by atoms with Crippen LogP contribution in [-0.2, 0) is 10.0 Å². The third-order valence-corrected chi connectivity index (χ3v) is 8.09. The van der Waals surface area contributed by atoms with Crippen molar-refractivity contribution in [1.29, 1.82) is 0 Å². The summed E-state index contributed by atoms with van der Waals surface area (Å²) < 4.78 is 40.0. The van der Waals surface area contributed by atoms with Crippen molar-refractivity contribution in [1.82, 2.24) is 9.88 Å². The van der Waals surface area contributed by atoms with Gasteiger partial charge < -0.3 is 25.4 Å². The summed E-state index contributed by atoms with van der Waals surface area (Å²) >= 11 is 0. The first-order chi connectivity index (χ1) is 20.3. The van der Waals surface area contributed by atoms with Crippen molar-refractivity contribution in [3.63, 3.8) is 0 Å². The molecular weight excluding hydrogens is 550 g/mol.